The van der Waals surface area contributed by atoms with E-state index < -0.39 is 32.7 Å². The summed E-state index contributed by atoms with van der Waals surface area (Å²) < 4.78 is 0. The number of aromatic nitrogens is 2. The molecule has 0 saturated carbocycles. The van der Waals surface area contributed by atoms with E-state index in [1.807, 2.05) is 0 Å². The number of nitrogens with one attached hydrogen (secondary N) is 2. The normalized spacial score (nSPS) is 9.65. The zero-order valence-electron chi connectivity index (χ0n) is 12.0. The highest BCUT2D eigenvalue weighted by Gasteiger charge is 2.21. The first-order valence-corrected chi connectivity index (χ1v) is 6.04. The number of hydrogen-bond donors (Lipinski definition) is 3. The van der Waals surface area contributed by atoms with Crippen LogP contribution in [0, 0.1) is 34.1 Å². The van der Waals surface area contributed by atoms with E-state index in [0.717, 1.165) is 12.1 Å². The number of H-pyrrole nitrogens is 2. The van der Waals surface area contributed by atoms with E-state index in [2.05, 4.69) is 9.97 Å². The van der Waals surface area contributed by atoms with Crippen molar-refractivity contribution in [1.29, 1.82) is 0 Å². The minimum Gasteiger partial charge on any atom is -0.502 e. The standard InChI is InChI=1S/C7H6N2O5.C5H6N2O2/c1-4-2-5(8(11)12)3-6(7(4)10)9(13)14;1-3-2-6-5(9)7-4(3)8/h2-3,10H,1H3;2H,1H3,(H2,6,7,8,9). The van der Waals surface area contributed by atoms with Gasteiger partial charge in [-0.3, -0.25) is 30.0 Å². The fourth-order valence-electron chi connectivity index (χ4n) is 1.46. The zero-order valence-corrected chi connectivity index (χ0v) is 12.0. The molecule has 0 atom stereocenters. The lowest BCUT2D eigenvalue weighted by atomic mass is 10.1. The number of rotatable bonds is 2. The van der Waals surface area contributed by atoms with Crippen LogP contribution < -0.4 is 11.2 Å². The summed E-state index contributed by atoms with van der Waals surface area (Å²) in [6, 6.07) is 1.80. The second-order valence-corrected chi connectivity index (χ2v) is 4.40. The van der Waals surface area contributed by atoms with E-state index in [4.69, 9.17) is 0 Å². The van der Waals surface area contributed by atoms with Crippen LogP contribution in [0.5, 0.6) is 5.75 Å². The van der Waals surface area contributed by atoms with Crippen LogP contribution in [-0.4, -0.2) is 24.9 Å². The number of aromatic amines is 2. The third-order valence-corrected chi connectivity index (χ3v) is 2.68. The van der Waals surface area contributed by atoms with Crippen LogP contribution in [0.15, 0.2) is 27.9 Å². The second-order valence-electron chi connectivity index (χ2n) is 4.40. The molecule has 0 radical (unpaired) electrons. The number of benzene rings is 1. The molecule has 1 aromatic heterocycles. The smallest absolute Gasteiger partial charge is 0.325 e. The van der Waals surface area contributed by atoms with Crippen molar-refractivity contribution in [2.75, 3.05) is 0 Å². The third-order valence-electron chi connectivity index (χ3n) is 2.68. The summed E-state index contributed by atoms with van der Waals surface area (Å²) in [4.78, 5) is 44.4. The molecule has 23 heavy (non-hydrogen) atoms. The largest absolute Gasteiger partial charge is 0.502 e. The van der Waals surface area contributed by atoms with Gasteiger partial charge in [-0.1, -0.05) is 0 Å². The van der Waals surface area contributed by atoms with Gasteiger partial charge < -0.3 is 10.1 Å². The molecule has 122 valence electrons. The van der Waals surface area contributed by atoms with Gasteiger partial charge in [0, 0.05) is 23.4 Å². The van der Waals surface area contributed by atoms with Gasteiger partial charge in [-0.05, 0) is 13.8 Å². The molecular formula is C12H12N4O7. The molecule has 0 aliphatic rings. The Balaban J connectivity index is 0.000000253. The highest BCUT2D eigenvalue weighted by molar-refractivity contribution is 5.57. The van der Waals surface area contributed by atoms with Gasteiger partial charge in [-0.2, -0.15) is 0 Å². The van der Waals surface area contributed by atoms with Crippen LogP contribution in [0.4, 0.5) is 11.4 Å². The molecule has 2 rings (SSSR count). The molecule has 0 unspecified atom stereocenters. The van der Waals surface area contributed by atoms with Crippen molar-refractivity contribution in [1.82, 2.24) is 9.97 Å². The summed E-state index contributed by atoms with van der Waals surface area (Å²) in [6.45, 7) is 2.98. The van der Waals surface area contributed by atoms with Gasteiger partial charge in [0.15, 0.2) is 5.75 Å². The fraction of sp³-hybridized carbons (Fsp3) is 0.167. The number of hydrogen-bond acceptors (Lipinski definition) is 7. The Labute approximate surface area is 127 Å². The van der Waals surface area contributed by atoms with E-state index in [9.17, 15) is 34.9 Å². The van der Waals surface area contributed by atoms with Crippen LogP contribution in [0.25, 0.3) is 0 Å². The number of nitrogens with zero attached hydrogens (tertiary/aromatic N) is 2. The molecule has 0 spiro atoms. The zero-order chi connectivity index (χ0) is 17.7. The predicted molar refractivity (Wildman–Crippen MR) is 78.6 cm³/mol. The van der Waals surface area contributed by atoms with Gasteiger partial charge in [-0.15, -0.1) is 0 Å². The lowest BCUT2D eigenvalue weighted by Gasteiger charge is -1.99. The topological polar surface area (TPSA) is 172 Å². The SMILES string of the molecule is Cc1c[nH]c(=O)[nH]c1=O.Cc1cc([N+](=O)[O-])cc([N+](=O)[O-])c1O. The molecule has 1 heterocycles. The van der Waals surface area contributed by atoms with Crippen molar-refractivity contribution in [3.05, 3.63) is 70.5 Å². The van der Waals surface area contributed by atoms with Crippen molar-refractivity contribution in [2.45, 2.75) is 13.8 Å². The highest BCUT2D eigenvalue weighted by Crippen LogP contribution is 2.33. The van der Waals surface area contributed by atoms with Gasteiger partial charge in [0.25, 0.3) is 11.2 Å². The van der Waals surface area contributed by atoms with E-state index in [1.165, 1.54) is 13.1 Å². The quantitative estimate of drug-likeness (QED) is 0.543. The average Bonchev–Trinajstić information content (AvgIpc) is 2.46. The molecule has 11 nitrogen and oxygen atoms in total. The molecule has 1 aromatic carbocycles. The number of phenolic OH excluding ortho intramolecular Hbond substituents is 1. The fourth-order valence-corrected chi connectivity index (χ4v) is 1.46. The predicted octanol–water partition coefficient (Wildman–Crippen LogP) is 0.889. The average molecular weight is 324 g/mol. The third kappa shape index (κ3) is 4.49. The van der Waals surface area contributed by atoms with Gasteiger partial charge in [0.05, 0.1) is 15.9 Å². The van der Waals surface area contributed by atoms with Gasteiger partial charge in [0.1, 0.15) is 0 Å². The first kappa shape index (κ1) is 17.6. The van der Waals surface area contributed by atoms with Crippen LogP contribution in [0.1, 0.15) is 11.1 Å². The summed E-state index contributed by atoms with van der Waals surface area (Å²) in [7, 11) is 0. The molecular weight excluding hydrogens is 312 g/mol. The Morgan fingerprint density at radius 2 is 1.65 bits per heavy atom. The van der Waals surface area contributed by atoms with E-state index in [0.29, 0.717) is 5.56 Å². The van der Waals surface area contributed by atoms with Crippen LogP contribution in [-0.2, 0) is 0 Å². The lowest BCUT2D eigenvalue weighted by Crippen LogP contribution is -2.22. The molecule has 0 aliphatic heterocycles. The number of aromatic hydroxyl groups is 1. The summed E-state index contributed by atoms with van der Waals surface area (Å²) >= 11 is 0. The highest BCUT2D eigenvalue weighted by atomic mass is 16.6. The monoisotopic (exact) mass is 324 g/mol. The van der Waals surface area contributed by atoms with E-state index >= 15 is 0 Å². The Hall–Kier alpha value is -3.50. The molecule has 0 saturated heterocycles. The van der Waals surface area contributed by atoms with Crippen LogP contribution in [0.2, 0.25) is 0 Å². The minimum atomic E-state index is -0.866. The van der Waals surface area contributed by atoms with Crippen LogP contribution >= 0.6 is 0 Å². The Morgan fingerprint density at radius 1 is 1.04 bits per heavy atom. The molecule has 3 N–H and O–H groups in total. The Bertz CT molecular complexity index is 868. The van der Waals surface area contributed by atoms with Crippen molar-refractivity contribution in [3.8, 4) is 5.75 Å². The maximum absolute atomic E-state index is 10.6. The molecule has 11 heteroatoms. The molecule has 0 bridgehead atoms. The van der Waals surface area contributed by atoms with E-state index in [1.54, 1.807) is 6.92 Å². The maximum Gasteiger partial charge on any atom is 0.325 e. The number of phenols is 1. The second kappa shape index (κ2) is 6.98. The van der Waals surface area contributed by atoms with Crippen molar-refractivity contribution in [2.24, 2.45) is 0 Å². The van der Waals surface area contributed by atoms with Crippen molar-refractivity contribution >= 4 is 11.4 Å². The first-order valence-electron chi connectivity index (χ1n) is 6.04. The van der Waals surface area contributed by atoms with Crippen molar-refractivity contribution in [3.63, 3.8) is 0 Å². The number of nitro groups is 2. The Kier molecular flexibility index (Phi) is 5.32. The minimum absolute atomic E-state index is 0.103. The maximum atomic E-state index is 10.6. The summed E-state index contributed by atoms with van der Waals surface area (Å²) in [5.41, 5.74) is -1.26. The number of nitro benzene ring substituents is 2. The van der Waals surface area contributed by atoms with Gasteiger partial charge in [-0.25, -0.2) is 4.79 Å². The summed E-state index contributed by atoms with van der Waals surface area (Å²) in [5.74, 6) is -0.541. The lowest BCUT2D eigenvalue weighted by molar-refractivity contribution is -0.394. The molecule has 2 aromatic rings. The number of non-ortho nitro benzene ring substituents is 1. The summed E-state index contributed by atoms with van der Waals surface area (Å²) in [5, 5.41) is 29.9. The van der Waals surface area contributed by atoms with Gasteiger partial charge >= 0.3 is 11.4 Å². The Morgan fingerprint density at radius 3 is 2.09 bits per heavy atom. The number of aryl methyl sites for hydroxylation is 2. The summed E-state index contributed by atoms with van der Waals surface area (Å²) in [6.07, 6.45) is 1.38. The molecule has 0 aliphatic carbocycles. The van der Waals surface area contributed by atoms with Crippen molar-refractivity contribution < 1.29 is 15.0 Å². The molecule has 0 fully saturated rings. The van der Waals surface area contributed by atoms with Gasteiger partial charge in [0.2, 0.25) is 0 Å². The molecule has 0 amide bonds. The van der Waals surface area contributed by atoms with E-state index in [-0.39, 0.29) is 11.1 Å². The first-order chi connectivity index (χ1) is 10.6. The van der Waals surface area contributed by atoms with Crippen LogP contribution in [0.3, 0.4) is 0 Å².